The van der Waals surface area contributed by atoms with Gasteiger partial charge in [0.25, 0.3) is 0 Å². The van der Waals surface area contributed by atoms with Crippen molar-refractivity contribution in [1.82, 2.24) is 5.32 Å². The Balaban J connectivity index is 1.85. The van der Waals surface area contributed by atoms with Crippen LogP contribution in [0, 0.1) is 6.92 Å². The van der Waals surface area contributed by atoms with Crippen LogP contribution in [0.25, 0.3) is 0 Å². The van der Waals surface area contributed by atoms with Crippen molar-refractivity contribution in [2.75, 3.05) is 0 Å². The van der Waals surface area contributed by atoms with Gasteiger partial charge in [0.05, 0.1) is 5.25 Å². The van der Waals surface area contributed by atoms with E-state index in [1.165, 1.54) is 5.56 Å². The van der Waals surface area contributed by atoms with Gasteiger partial charge in [-0.25, -0.2) is 0 Å². The lowest BCUT2D eigenvalue weighted by molar-refractivity contribution is -0.120. The lowest BCUT2D eigenvalue weighted by Crippen LogP contribution is -2.32. The van der Waals surface area contributed by atoms with Crippen molar-refractivity contribution < 1.29 is 4.79 Å². The van der Waals surface area contributed by atoms with Crippen LogP contribution in [0.15, 0.2) is 54.6 Å². The van der Waals surface area contributed by atoms with E-state index in [2.05, 4.69) is 24.0 Å². The Kier molecular flexibility index (Phi) is 5.24. The Morgan fingerprint density at radius 3 is 2.50 bits per heavy atom. The van der Waals surface area contributed by atoms with Crippen molar-refractivity contribution in [2.45, 2.75) is 25.1 Å². The van der Waals surface area contributed by atoms with Crippen molar-refractivity contribution >= 4 is 18.5 Å². The summed E-state index contributed by atoms with van der Waals surface area (Å²) in [7, 11) is 0. The third-order valence-corrected chi connectivity index (χ3v) is 3.54. The molecule has 0 spiro atoms. The highest BCUT2D eigenvalue weighted by Crippen LogP contribution is 2.09. The molecular formula is C17H19NOS. The maximum absolute atomic E-state index is 12.0. The normalized spacial score (nSPS) is 11.9. The van der Waals surface area contributed by atoms with Gasteiger partial charge in [0.1, 0.15) is 0 Å². The minimum Gasteiger partial charge on any atom is -0.351 e. The van der Waals surface area contributed by atoms with E-state index in [-0.39, 0.29) is 11.2 Å². The average Bonchev–Trinajstić information content (AvgIpc) is 2.46. The van der Waals surface area contributed by atoms with Gasteiger partial charge in [-0.1, -0.05) is 60.2 Å². The number of hydrogen-bond acceptors (Lipinski definition) is 2. The number of aryl methyl sites for hydroxylation is 1. The largest absolute Gasteiger partial charge is 0.351 e. The van der Waals surface area contributed by atoms with Crippen LogP contribution in [0.3, 0.4) is 0 Å². The molecule has 104 valence electrons. The topological polar surface area (TPSA) is 29.1 Å². The molecule has 0 aromatic heterocycles. The Morgan fingerprint density at radius 2 is 1.80 bits per heavy atom. The molecule has 1 atom stereocenters. The highest BCUT2D eigenvalue weighted by molar-refractivity contribution is 7.81. The molecule has 0 saturated carbocycles. The van der Waals surface area contributed by atoms with E-state index < -0.39 is 0 Å². The molecule has 0 saturated heterocycles. The zero-order valence-corrected chi connectivity index (χ0v) is 12.4. The van der Waals surface area contributed by atoms with Crippen LogP contribution in [0.2, 0.25) is 0 Å². The second-order valence-corrected chi connectivity index (χ2v) is 5.54. The van der Waals surface area contributed by atoms with Gasteiger partial charge in [-0.05, 0) is 24.5 Å². The Morgan fingerprint density at radius 1 is 1.10 bits per heavy atom. The van der Waals surface area contributed by atoms with Crippen molar-refractivity contribution in [1.29, 1.82) is 0 Å². The van der Waals surface area contributed by atoms with E-state index in [1.807, 2.05) is 55.5 Å². The van der Waals surface area contributed by atoms with Gasteiger partial charge in [-0.2, -0.15) is 12.6 Å². The fourth-order valence-electron chi connectivity index (χ4n) is 2.06. The number of rotatable bonds is 5. The summed E-state index contributed by atoms with van der Waals surface area (Å²) in [5.41, 5.74) is 3.43. The average molecular weight is 285 g/mol. The molecule has 0 radical (unpaired) electrons. The molecule has 2 aromatic rings. The Hall–Kier alpha value is -1.74. The summed E-state index contributed by atoms with van der Waals surface area (Å²) < 4.78 is 0. The van der Waals surface area contributed by atoms with Crippen molar-refractivity contribution in [3.8, 4) is 0 Å². The van der Waals surface area contributed by atoms with Crippen molar-refractivity contribution in [2.24, 2.45) is 0 Å². The molecule has 20 heavy (non-hydrogen) atoms. The van der Waals surface area contributed by atoms with Crippen LogP contribution in [0.4, 0.5) is 0 Å². The summed E-state index contributed by atoms with van der Waals surface area (Å²) in [4.78, 5) is 12.0. The molecule has 0 bridgehead atoms. The van der Waals surface area contributed by atoms with Crippen molar-refractivity contribution in [3.05, 3.63) is 71.3 Å². The lowest BCUT2D eigenvalue weighted by atomic mass is 10.1. The van der Waals surface area contributed by atoms with Crippen LogP contribution in [-0.4, -0.2) is 11.2 Å². The fraction of sp³-hybridized carbons (Fsp3) is 0.235. The minimum atomic E-state index is -0.317. The van der Waals surface area contributed by atoms with E-state index >= 15 is 0 Å². The first-order valence-electron chi connectivity index (χ1n) is 6.70. The molecule has 1 N–H and O–H groups in total. The van der Waals surface area contributed by atoms with E-state index in [1.54, 1.807) is 0 Å². The lowest BCUT2D eigenvalue weighted by Gasteiger charge is -2.12. The van der Waals surface area contributed by atoms with E-state index in [0.29, 0.717) is 13.0 Å². The second-order valence-electron chi connectivity index (χ2n) is 4.91. The SMILES string of the molecule is Cc1cccc(CNC(=O)C(S)Cc2ccccc2)c1. The summed E-state index contributed by atoms with van der Waals surface area (Å²) in [6, 6.07) is 18.1. The first kappa shape index (κ1) is 14.7. The number of hydrogen-bond donors (Lipinski definition) is 2. The number of carbonyl (C=O) groups excluding carboxylic acids is 1. The first-order chi connectivity index (χ1) is 9.65. The van der Waals surface area contributed by atoms with Gasteiger partial charge in [0.2, 0.25) is 5.91 Å². The minimum absolute atomic E-state index is 0.0290. The molecule has 0 aliphatic rings. The smallest absolute Gasteiger partial charge is 0.233 e. The third kappa shape index (κ3) is 4.42. The molecular weight excluding hydrogens is 266 g/mol. The first-order valence-corrected chi connectivity index (χ1v) is 7.22. The predicted octanol–water partition coefficient (Wildman–Crippen LogP) is 3.15. The predicted molar refractivity (Wildman–Crippen MR) is 85.9 cm³/mol. The number of thiol groups is 1. The summed E-state index contributed by atoms with van der Waals surface area (Å²) in [6.07, 6.45) is 0.642. The number of carbonyl (C=O) groups is 1. The van der Waals surface area contributed by atoms with Crippen molar-refractivity contribution in [3.63, 3.8) is 0 Å². The summed E-state index contributed by atoms with van der Waals surface area (Å²) in [5, 5.41) is 2.61. The monoisotopic (exact) mass is 285 g/mol. The number of nitrogens with one attached hydrogen (secondary N) is 1. The molecule has 0 aliphatic carbocycles. The Bertz CT molecular complexity index is 568. The summed E-state index contributed by atoms with van der Waals surface area (Å²) >= 11 is 4.39. The summed E-state index contributed by atoms with van der Waals surface area (Å²) in [5.74, 6) is -0.0290. The maximum atomic E-state index is 12.0. The molecule has 3 heteroatoms. The van der Waals surface area contributed by atoms with Gasteiger partial charge >= 0.3 is 0 Å². The zero-order valence-electron chi connectivity index (χ0n) is 11.5. The fourth-order valence-corrected chi connectivity index (χ4v) is 2.36. The quantitative estimate of drug-likeness (QED) is 0.812. The van der Waals surface area contributed by atoms with E-state index in [4.69, 9.17) is 0 Å². The van der Waals surface area contributed by atoms with Gasteiger partial charge in [-0.3, -0.25) is 4.79 Å². The van der Waals surface area contributed by atoms with Crippen LogP contribution in [0.1, 0.15) is 16.7 Å². The molecule has 2 aromatic carbocycles. The zero-order chi connectivity index (χ0) is 14.4. The van der Waals surface area contributed by atoms with Gasteiger partial charge in [0, 0.05) is 6.54 Å². The maximum Gasteiger partial charge on any atom is 0.233 e. The Labute approximate surface area is 125 Å². The highest BCUT2D eigenvalue weighted by Gasteiger charge is 2.13. The third-order valence-electron chi connectivity index (χ3n) is 3.12. The standard InChI is InChI=1S/C17H19NOS/c1-13-6-5-9-15(10-13)12-18-17(19)16(20)11-14-7-3-2-4-8-14/h2-10,16,20H,11-12H2,1H3,(H,18,19). The molecule has 0 aliphatic heterocycles. The van der Waals surface area contributed by atoms with Gasteiger partial charge in [-0.15, -0.1) is 0 Å². The number of benzene rings is 2. The van der Waals surface area contributed by atoms with Crippen LogP contribution in [0.5, 0.6) is 0 Å². The molecule has 0 heterocycles. The van der Waals surface area contributed by atoms with E-state index in [9.17, 15) is 4.79 Å². The molecule has 2 nitrogen and oxygen atoms in total. The molecule has 1 amide bonds. The number of amides is 1. The van der Waals surface area contributed by atoms with Gasteiger partial charge in [0.15, 0.2) is 0 Å². The van der Waals surface area contributed by atoms with Crippen LogP contribution >= 0.6 is 12.6 Å². The van der Waals surface area contributed by atoms with Gasteiger partial charge < -0.3 is 5.32 Å². The summed E-state index contributed by atoms with van der Waals surface area (Å²) in [6.45, 7) is 2.59. The highest BCUT2D eigenvalue weighted by atomic mass is 32.1. The molecule has 1 unspecified atom stereocenters. The second kappa shape index (κ2) is 7.15. The molecule has 0 fully saturated rings. The molecule has 2 rings (SSSR count). The van der Waals surface area contributed by atoms with Crippen LogP contribution < -0.4 is 5.32 Å². The van der Waals surface area contributed by atoms with E-state index in [0.717, 1.165) is 11.1 Å². The van der Waals surface area contributed by atoms with Crippen LogP contribution in [-0.2, 0) is 17.8 Å².